The second-order valence-corrected chi connectivity index (χ2v) is 5.05. The third-order valence-corrected chi connectivity index (χ3v) is 3.43. The van der Waals surface area contributed by atoms with Crippen molar-refractivity contribution < 1.29 is 5.11 Å². The summed E-state index contributed by atoms with van der Waals surface area (Å²) in [5, 5.41) is 13.8. The lowest BCUT2D eigenvalue weighted by molar-refractivity contribution is 0.0837. The molecule has 1 fully saturated rings. The van der Waals surface area contributed by atoms with E-state index in [0.717, 1.165) is 40.8 Å². The Morgan fingerprint density at radius 3 is 2.83 bits per heavy atom. The highest BCUT2D eigenvalue weighted by atomic mass is 16.3. The SMILES string of the molecule is Cc1cc(NC2CC(O)C2)c2cc(N)ccc2n1. The van der Waals surface area contributed by atoms with Crippen LogP contribution in [-0.2, 0) is 0 Å². The lowest BCUT2D eigenvalue weighted by Gasteiger charge is -2.33. The Hall–Kier alpha value is -1.81. The molecule has 1 aliphatic rings. The van der Waals surface area contributed by atoms with E-state index in [1.54, 1.807) is 0 Å². The Morgan fingerprint density at radius 2 is 2.11 bits per heavy atom. The molecule has 4 heteroatoms. The molecule has 0 unspecified atom stereocenters. The van der Waals surface area contributed by atoms with Gasteiger partial charge >= 0.3 is 0 Å². The Bertz CT molecular complexity index is 591. The van der Waals surface area contributed by atoms with E-state index >= 15 is 0 Å². The fourth-order valence-electron chi connectivity index (χ4n) is 2.42. The number of nitrogen functional groups attached to an aromatic ring is 1. The number of pyridine rings is 1. The van der Waals surface area contributed by atoms with Crippen molar-refractivity contribution in [3.05, 3.63) is 30.0 Å². The van der Waals surface area contributed by atoms with Crippen molar-refractivity contribution >= 4 is 22.3 Å². The van der Waals surface area contributed by atoms with E-state index in [1.165, 1.54) is 0 Å². The van der Waals surface area contributed by atoms with E-state index in [2.05, 4.69) is 10.3 Å². The molecule has 4 N–H and O–H groups in total. The summed E-state index contributed by atoms with van der Waals surface area (Å²) in [6.45, 7) is 1.98. The molecule has 1 aromatic heterocycles. The number of nitrogens with two attached hydrogens (primary N) is 1. The minimum atomic E-state index is -0.151. The van der Waals surface area contributed by atoms with Gasteiger partial charge in [-0.1, -0.05) is 0 Å². The molecule has 0 aliphatic heterocycles. The number of hydrogen-bond donors (Lipinski definition) is 3. The number of hydrogen-bond acceptors (Lipinski definition) is 4. The van der Waals surface area contributed by atoms with Crippen LogP contribution in [0.15, 0.2) is 24.3 Å². The molecular formula is C14H17N3O. The van der Waals surface area contributed by atoms with Crippen LogP contribution in [0, 0.1) is 6.92 Å². The standard InChI is InChI=1S/C14H17N3O/c1-8-4-14(17-10-6-11(18)7-10)12-5-9(15)2-3-13(12)16-8/h2-5,10-11,18H,6-7,15H2,1H3,(H,16,17). The van der Waals surface area contributed by atoms with Gasteiger partial charge in [-0.05, 0) is 44.0 Å². The Labute approximate surface area is 106 Å². The molecule has 1 aliphatic carbocycles. The number of aromatic nitrogens is 1. The number of benzene rings is 1. The quantitative estimate of drug-likeness (QED) is 0.706. The highest BCUT2D eigenvalue weighted by Gasteiger charge is 2.27. The van der Waals surface area contributed by atoms with Crippen LogP contribution < -0.4 is 11.1 Å². The van der Waals surface area contributed by atoms with Gasteiger partial charge in [0, 0.05) is 28.5 Å². The lowest BCUT2D eigenvalue weighted by Crippen LogP contribution is -2.39. The van der Waals surface area contributed by atoms with Gasteiger partial charge in [-0.3, -0.25) is 4.98 Å². The molecule has 0 amide bonds. The highest BCUT2D eigenvalue weighted by Crippen LogP contribution is 2.30. The van der Waals surface area contributed by atoms with Crippen LogP contribution >= 0.6 is 0 Å². The number of aliphatic hydroxyl groups excluding tert-OH is 1. The van der Waals surface area contributed by atoms with Crippen LogP contribution in [0.5, 0.6) is 0 Å². The van der Waals surface area contributed by atoms with Gasteiger partial charge in [-0.2, -0.15) is 0 Å². The smallest absolute Gasteiger partial charge is 0.0727 e. The Balaban J connectivity index is 2.00. The number of nitrogens with one attached hydrogen (secondary N) is 1. The number of anilines is 2. The van der Waals surface area contributed by atoms with Gasteiger partial charge < -0.3 is 16.2 Å². The number of fused-ring (bicyclic) bond motifs is 1. The molecule has 94 valence electrons. The normalized spacial score (nSPS) is 22.8. The summed E-state index contributed by atoms with van der Waals surface area (Å²) in [4.78, 5) is 4.50. The van der Waals surface area contributed by atoms with Crippen LogP contribution in [0.2, 0.25) is 0 Å². The molecule has 18 heavy (non-hydrogen) atoms. The van der Waals surface area contributed by atoms with E-state index in [9.17, 15) is 5.11 Å². The van der Waals surface area contributed by atoms with Crippen LogP contribution in [0.25, 0.3) is 10.9 Å². The molecule has 4 nitrogen and oxygen atoms in total. The zero-order valence-corrected chi connectivity index (χ0v) is 10.4. The predicted octanol–water partition coefficient (Wildman–Crippen LogP) is 2.06. The van der Waals surface area contributed by atoms with Crippen LogP contribution in [-0.4, -0.2) is 22.2 Å². The van der Waals surface area contributed by atoms with Gasteiger partial charge in [0.15, 0.2) is 0 Å². The second kappa shape index (κ2) is 4.14. The van der Waals surface area contributed by atoms with Crippen LogP contribution in [0.3, 0.4) is 0 Å². The summed E-state index contributed by atoms with van der Waals surface area (Å²) in [7, 11) is 0. The van der Waals surface area contributed by atoms with Gasteiger partial charge in [0.25, 0.3) is 0 Å². The molecule has 1 saturated carbocycles. The average Bonchev–Trinajstić information content (AvgIpc) is 2.28. The third-order valence-electron chi connectivity index (χ3n) is 3.43. The lowest BCUT2D eigenvalue weighted by atomic mass is 9.89. The second-order valence-electron chi connectivity index (χ2n) is 5.05. The topological polar surface area (TPSA) is 71.2 Å². The fourth-order valence-corrected chi connectivity index (χ4v) is 2.42. The maximum absolute atomic E-state index is 9.34. The molecule has 2 aromatic rings. The molecule has 0 saturated heterocycles. The van der Waals surface area contributed by atoms with Gasteiger partial charge in [0.1, 0.15) is 0 Å². The van der Waals surface area contributed by atoms with Crippen LogP contribution in [0.4, 0.5) is 11.4 Å². The summed E-state index contributed by atoms with van der Waals surface area (Å²) >= 11 is 0. The van der Waals surface area contributed by atoms with Crippen molar-refractivity contribution in [1.82, 2.24) is 4.98 Å². The Morgan fingerprint density at radius 1 is 1.33 bits per heavy atom. The van der Waals surface area contributed by atoms with Crippen molar-refractivity contribution in [2.45, 2.75) is 31.9 Å². The first kappa shape index (κ1) is 11.3. The summed E-state index contributed by atoms with van der Waals surface area (Å²) in [5.41, 5.74) is 9.56. The zero-order valence-electron chi connectivity index (χ0n) is 10.4. The maximum Gasteiger partial charge on any atom is 0.0727 e. The van der Waals surface area contributed by atoms with Gasteiger partial charge in [0.2, 0.25) is 0 Å². The summed E-state index contributed by atoms with van der Waals surface area (Å²) < 4.78 is 0. The van der Waals surface area contributed by atoms with E-state index in [4.69, 9.17) is 5.73 Å². The van der Waals surface area contributed by atoms with Crippen molar-refractivity contribution in [2.75, 3.05) is 11.1 Å². The van der Waals surface area contributed by atoms with E-state index in [0.29, 0.717) is 6.04 Å². The number of aliphatic hydroxyl groups is 1. The third kappa shape index (κ3) is 1.99. The van der Waals surface area contributed by atoms with E-state index < -0.39 is 0 Å². The summed E-state index contributed by atoms with van der Waals surface area (Å²) in [5.74, 6) is 0. The molecular weight excluding hydrogens is 226 g/mol. The summed E-state index contributed by atoms with van der Waals surface area (Å²) in [6.07, 6.45) is 1.47. The van der Waals surface area contributed by atoms with E-state index in [-0.39, 0.29) is 6.10 Å². The molecule has 1 aromatic carbocycles. The van der Waals surface area contributed by atoms with Crippen LogP contribution in [0.1, 0.15) is 18.5 Å². The number of nitrogens with zero attached hydrogens (tertiary/aromatic N) is 1. The number of aryl methyl sites for hydroxylation is 1. The summed E-state index contributed by atoms with van der Waals surface area (Å²) in [6, 6.07) is 8.14. The minimum Gasteiger partial charge on any atom is -0.399 e. The average molecular weight is 243 g/mol. The monoisotopic (exact) mass is 243 g/mol. The molecule has 0 radical (unpaired) electrons. The first-order valence-corrected chi connectivity index (χ1v) is 6.23. The van der Waals surface area contributed by atoms with Crippen molar-refractivity contribution in [3.63, 3.8) is 0 Å². The minimum absolute atomic E-state index is 0.151. The van der Waals surface area contributed by atoms with Gasteiger partial charge in [-0.25, -0.2) is 0 Å². The fraction of sp³-hybridized carbons (Fsp3) is 0.357. The first-order valence-electron chi connectivity index (χ1n) is 6.23. The van der Waals surface area contributed by atoms with Crippen molar-refractivity contribution in [2.24, 2.45) is 0 Å². The first-order chi connectivity index (χ1) is 8.61. The highest BCUT2D eigenvalue weighted by molar-refractivity contribution is 5.93. The van der Waals surface area contributed by atoms with Gasteiger partial charge in [-0.15, -0.1) is 0 Å². The van der Waals surface area contributed by atoms with Crippen molar-refractivity contribution in [3.8, 4) is 0 Å². The maximum atomic E-state index is 9.34. The molecule has 3 rings (SSSR count). The molecule has 0 spiro atoms. The molecule has 0 atom stereocenters. The van der Waals surface area contributed by atoms with Crippen molar-refractivity contribution in [1.29, 1.82) is 0 Å². The molecule has 0 bridgehead atoms. The largest absolute Gasteiger partial charge is 0.399 e. The van der Waals surface area contributed by atoms with Gasteiger partial charge in [0.05, 0.1) is 11.6 Å². The zero-order chi connectivity index (χ0) is 12.7. The van der Waals surface area contributed by atoms with E-state index in [1.807, 2.05) is 31.2 Å². The number of rotatable bonds is 2. The predicted molar refractivity (Wildman–Crippen MR) is 73.5 cm³/mol. The Kier molecular flexibility index (Phi) is 2.59. The molecule has 1 heterocycles.